The molecule has 0 fully saturated rings. The summed E-state index contributed by atoms with van der Waals surface area (Å²) >= 11 is 7.63. The van der Waals surface area contributed by atoms with E-state index in [0.717, 1.165) is 16.5 Å². The van der Waals surface area contributed by atoms with Gasteiger partial charge in [-0.25, -0.2) is 8.78 Å². The minimum absolute atomic E-state index is 0.215. The summed E-state index contributed by atoms with van der Waals surface area (Å²) in [6.45, 7) is 4.66. The molecule has 0 spiro atoms. The molecule has 0 bridgehead atoms. The summed E-state index contributed by atoms with van der Waals surface area (Å²) in [5, 5.41) is 5.48. The van der Waals surface area contributed by atoms with Crippen LogP contribution in [0.15, 0.2) is 23.6 Å². The van der Waals surface area contributed by atoms with Crippen LogP contribution < -0.4 is 5.32 Å². The number of thiophene rings is 1. The van der Waals surface area contributed by atoms with E-state index in [2.05, 4.69) is 5.32 Å². The van der Waals surface area contributed by atoms with Crippen molar-refractivity contribution in [3.8, 4) is 0 Å². The van der Waals surface area contributed by atoms with Gasteiger partial charge in [0, 0.05) is 9.90 Å². The minimum atomic E-state index is -0.924. The van der Waals surface area contributed by atoms with Crippen molar-refractivity contribution in [1.29, 1.82) is 0 Å². The molecule has 1 N–H and O–H groups in total. The molecule has 5 heteroatoms. The summed E-state index contributed by atoms with van der Waals surface area (Å²) in [6.07, 6.45) is 0. The monoisotopic (exact) mass is 301 g/mol. The van der Waals surface area contributed by atoms with Crippen LogP contribution in [-0.2, 0) is 0 Å². The maximum Gasteiger partial charge on any atom is 0.160 e. The van der Waals surface area contributed by atoms with E-state index in [1.807, 2.05) is 25.3 Å². The summed E-state index contributed by atoms with van der Waals surface area (Å²) in [7, 11) is 0. The molecule has 1 nitrogen and oxygen atoms in total. The Morgan fingerprint density at radius 2 is 2.00 bits per heavy atom. The largest absolute Gasteiger partial charge is 0.306 e. The topological polar surface area (TPSA) is 12.0 Å². The molecule has 0 saturated carbocycles. The van der Waals surface area contributed by atoms with E-state index in [4.69, 9.17) is 11.6 Å². The van der Waals surface area contributed by atoms with Crippen molar-refractivity contribution in [1.82, 2.24) is 5.32 Å². The summed E-state index contributed by atoms with van der Waals surface area (Å²) in [4.78, 5) is 1.06. The first kappa shape index (κ1) is 14.4. The van der Waals surface area contributed by atoms with Crippen LogP contribution in [0.2, 0.25) is 5.02 Å². The molecule has 1 atom stereocenters. The van der Waals surface area contributed by atoms with E-state index in [-0.39, 0.29) is 11.1 Å². The van der Waals surface area contributed by atoms with Crippen LogP contribution in [0.1, 0.15) is 29.0 Å². The molecule has 19 heavy (non-hydrogen) atoms. The number of nitrogens with one attached hydrogen (secondary N) is 1. The Morgan fingerprint density at radius 3 is 2.58 bits per heavy atom. The quantitative estimate of drug-likeness (QED) is 0.808. The van der Waals surface area contributed by atoms with Gasteiger partial charge >= 0.3 is 0 Å². The zero-order chi connectivity index (χ0) is 14.0. The maximum atomic E-state index is 13.4. The molecular weight excluding hydrogens is 288 g/mol. The maximum absolute atomic E-state index is 13.4. The average molecular weight is 302 g/mol. The fourth-order valence-corrected chi connectivity index (χ4v) is 3.27. The van der Waals surface area contributed by atoms with Crippen molar-refractivity contribution in [2.75, 3.05) is 6.54 Å². The smallest absolute Gasteiger partial charge is 0.160 e. The fourth-order valence-electron chi connectivity index (χ4n) is 1.99. The van der Waals surface area contributed by atoms with Crippen LogP contribution in [0.5, 0.6) is 0 Å². The number of hydrogen-bond donors (Lipinski definition) is 1. The molecule has 1 unspecified atom stereocenters. The number of rotatable bonds is 4. The lowest BCUT2D eigenvalue weighted by molar-refractivity contribution is 0.504. The highest BCUT2D eigenvalue weighted by Gasteiger charge is 2.21. The van der Waals surface area contributed by atoms with Crippen LogP contribution in [0.25, 0.3) is 0 Å². The number of aryl methyl sites for hydroxylation is 1. The molecule has 102 valence electrons. The third-order valence-electron chi connectivity index (χ3n) is 2.92. The van der Waals surface area contributed by atoms with Crippen LogP contribution in [0, 0.1) is 18.6 Å². The van der Waals surface area contributed by atoms with Gasteiger partial charge in [-0.2, -0.15) is 0 Å². The number of halogens is 3. The third-order valence-corrected chi connectivity index (χ3v) is 4.33. The highest BCUT2D eigenvalue weighted by molar-refractivity contribution is 7.10. The predicted molar refractivity (Wildman–Crippen MR) is 75.9 cm³/mol. The number of benzene rings is 1. The molecule has 2 rings (SSSR count). The zero-order valence-electron chi connectivity index (χ0n) is 10.6. The highest BCUT2D eigenvalue weighted by Crippen LogP contribution is 2.34. The Hall–Kier alpha value is -0.970. The molecule has 0 aliphatic heterocycles. The van der Waals surface area contributed by atoms with E-state index in [1.165, 1.54) is 6.07 Å². The second-order valence-corrected chi connectivity index (χ2v) is 5.60. The predicted octanol–water partition coefficient (Wildman–Crippen LogP) is 4.69. The standard InChI is InChI=1S/C14H14ClF2NS/c1-3-18-13(14-8(2)4-5-19-14)9-6-11(16)12(17)7-10(9)15/h4-7,13,18H,3H2,1-2H3. The van der Waals surface area contributed by atoms with Gasteiger partial charge in [0.2, 0.25) is 0 Å². The molecule has 0 amide bonds. The van der Waals surface area contributed by atoms with Crippen LogP contribution >= 0.6 is 22.9 Å². The molecule has 1 aromatic carbocycles. The molecule has 0 radical (unpaired) electrons. The van der Waals surface area contributed by atoms with Gasteiger partial charge in [-0.05, 0) is 48.2 Å². The van der Waals surface area contributed by atoms with Crippen LogP contribution in [-0.4, -0.2) is 6.54 Å². The average Bonchev–Trinajstić information content (AvgIpc) is 2.77. The van der Waals surface area contributed by atoms with Crippen molar-refractivity contribution in [3.63, 3.8) is 0 Å². The van der Waals surface area contributed by atoms with Gasteiger partial charge in [0.25, 0.3) is 0 Å². The second-order valence-electron chi connectivity index (χ2n) is 4.25. The van der Waals surface area contributed by atoms with E-state index < -0.39 is 11.6 Å². The molecule has 0 aliphatic carbocycles. The fraction of sp³-hybridized carbons (Fsp3) is 0.286. The van der Waals surface area contributed by atoms with Crippen molar-refractivity contribution in [2.24, 2.45) is 0 Å². The minimum Gasteiger partial charge on any atom is -0.306 e. The van der Waals surface area contributed by atoms with E-state index >= 15 is 0 Å². The lowest BCUT2D eigenvalue weighted by Gasteiger charge is -2.19. The van der Waals surface area contributed by atoms with Gasteiger partial charge in [-0.1, -0.05) is 18.5 Å². The van der Waals surface area contributed by atoms with Gasteiger partial charge in [0.1, 0.15) is 0 Å². The summed E-state index contributed by atoms with van der Waals surface area (Å²) < 4.78 is 26.6. The van der Waals surface area contributed by atoms with Crippen molar-refractivity contribution < 1.29 is 8.78 Å². The molecule has 2 aromatic rings. The van der Waals surface area contributed by atoms with E-state index in [1.54, 1.807) is 11.3 Å². The first-order valence-electron chi connectivity index (χ1n) is 5.96. The van der Waals surface area contributed by atoms with Crippen LogP contribution in [0.4, 0.5) is 8.78 Å². The lowest BCUT2D eigenvalue weighted by Crippen LogP contribution is -2.22. The van der Waals surface area contributed by atoms with Gasteiger partial charge < -0.3 is 5.32 Å². The summed E-state index contributed by atoms with van der Waals surface area (Å²) in [6, 6.07) is 3.98. The molecule has 1 heterocycles. The molecule has 0 aliphatic rings. The third kappa shape index (κ3) is 2.96. The summed E-state index contributed by atoms with van der Waals surface area (Å²) in [5.74, 6) is -1.80. The zero-order valence-corrected chi connectivity index (χ0v) is 12.2. The first-order chi connectivity index (χ1) is 9.04. The first-order valence-corrected chi connectivity index (χ1v) is 7.22. The van der Waals surface area contributed by atoms with Gasteiger partial charge in [-0.3, -0.25) is 0 Å². The molecular formula is C14H14ClF2NS. The molecule has 0 saturated heterocycles. The van der Waals surface area contributed by atoms with Gasteiger partial charge in [-0.15, -0.1) is 11.3 Å². The van der Waals surface area contributed by atoms with Crippen LogP contribution in [0.3, 0.4) is 0 Å². The normalized spacial score (nSPS) is 12.7. The Morgan fingerprint density at radius 1 is 1.32 bits per heavy atom. The second kappa shape index (κ2) is 5.99. The van der Waals surface area contributed by atoms with Gasteiger partial charge in [0.05, 0.1) is 6.04 Å². The summed E-state index contributed by atoms with van der Waals surface area (Å²) in [5.41, 5.74) is 1.67. The Bertz CT molecular complexity index is 583. The van der Waals surface area contributed by atoms with Crippen molar-refractivity contribution in [2.45, 2.75) is 19.9 Å². The van der Waals surface area contributed by atoms with E-state index in [0.29, 0.717) is 12.1 Å². The van der Waals surface area contributed by atoms with E-state index in [9.17, 15) is 8.78 Å². The highest BCUT2D eigenvalue weighted by atomic mass is 35.5. The Balaban J connectivity index is 2.51. The lowest BCUT2D eigenvalue weighted by atomic mass is 10.0. The van der Waals surface area contributed by atoms with Gasteiger partial charge in [0.15, 0.2) is 11.6 Å². The Labute approximate surface area is 120 Å². The SMILES string of the molecule is CCNC(c1cc(F)c(F)cc1Cl)c1sccc1C. The Kier molecular flexibility index (Phi) is 4.55. The van der Waals surface area contributed by atoms with Crippen molar-refractivity contribution >= 4 is 22.9 Å². The van der Waals surface area contributed by atoms with Crippen molar-refractivity contribution in [3.05, 3.63) is 56.2 Å². The number of hydrogen-bond acceptors (Lipinski definition) is 2. The molecule has 1 aromatic heterocycles.